The SMILES string of the molecule is Cc1cc(NC(=O)NCC(C)(O)c2ccsc2)nn1C. The van der Waals surface area contributed by atoms with E-state index in [4.69, 9.17) is 0 Å². The first-order chi connectivity index (χ1) is 9.38. The highest BCUT2D eigenvalue weighted by Crippen LogP contribution is 2.22. The number of carbonyl (C=O) groups is 1. The largest absolute Gasteiger partial charge is 0.384 e. The molecule has 0 saturated heterocycles. The lowest BCUT2D eigenvalue weighted by Gasteiger charge is -2.22. The molecule has 7 heteroatoms. The van der Waals surface area contributed by atoms with Crippen molar-refractivity contribution in [2.75, 3.05) is 11.9 Å². The lowest BCUT2D eigenvalue weighted by Crippen LogP contribution is -2.40. The van der Waals surface area contributed by atoms with Gasteiger partial charge in [0.25, 0.3) is 0 Å². The number of urea groups is 1. The zero-order valence-corrected chi connectivity index (χ0v) is 12.5. The Morgan fingerprint density at radius 3 is 2.90 bits per heavy atom. The lowest BCUT2D eigenvalue weighted by atomic mass is 9.99. The van der Waals surface area contributed by atoms with Gasteiger partial charge in [0, 0.05) is 18.8 Å². The number of nitrogens with zero attached hydrogens (tertiary/aromatic N) is 2. The maximum atomic E-state index is 11.8. The van der Waals surface area contributed by atoms with Crippen LogP contribution < -0.4 is 10.6 Å². The number of aliphatic hydroxyl groups is 1. The van der Waals surface area contributed by atoms with Gasteiger partial charge in [-0.3, -0.25) is 10.00 Å². The second-order valence-corrected chi connectivity index (χ2v) is 5.67. The normalized spacial score (nSPS) is 13.8. The minimum atomic E-state index is -1.09. The van der Waals surface area contributed by atoms with E-state index in [1.54, 1.807) is 24.7 Å². The van der Waals surface area contributed by atoms with Crippen LogP contribution in [0.2, 0.25) is 0 Å². The maximum absolute atomic E-state index is 11.8. The standard InChI is InChI=1S/C13H18N4O2S/c1-9-6-11(16-17(9)3)15-12(18)14-8-13(2,19)10-4-5-20-7-10/h4-7,19H,8H2,1-3H3,(H2,14,15,16,18). The Morgan fingerprint density at radius 2 is 2.35 bits per heavy atom. The molecular formula is C13H18N4O2S. The average Bonchev–Trinajstić information content (AvgIpc) is 2.99. The number of carbonyl (C=O) groups excluding carboxylic acids is 1. The van der Waals surface area contributed by atoms with E-state index in [0.717, 1.165) is 11.3 Å². The van der Waals surface area contributed by atoms with Crippen LogP contribution >= 0.6 is 11.3 Å². The average molecular weight is 294 g/mol. The molecule has 0 aliphatic rings. The molecule has 2 heterocycles. The number of nitrogens with one attached hydrogen (secondary N) is 2. The zero-order chi connectivity index (χ0) is 14.8. The fraction of sp³-hybridized carbons (Fsp3) is 0.385. The van der Waals surface area contributed by atoms with Gasteiger partial charge in [0.1, 0.15) is 5.60 Å². The molecular weight excluding hydrogens is 276 g/mol. The minimum Gasteiger partial charge on any atom is -0.384 e. The summed E-state index contributed by atoms with van der Waals surface area (Å²) >= 11 is 1.51. The summed E-state index contributed by atoms with van der Waals surface area (Å²) in [5.41, 5.74) is 0.652. The van der Waals surface area contributed by atoms with Crippen molar-refractivity contribution in [2.45, 2.75) is 19.4 Å². The van der Waals surface area contributed by atoms with Crippen LogP contribution in [0.5, 0.6) is 0 Å². The fourth-order valence-corrected chi connectivity index (χ4v) is 2.49. The van der Waals surface area contributed by atoms with Gasteiger partial charge in [0.2, 0.25) is 0 Å². The Morgan fingerprint density at radius 1 is 1.60 bits per heavy atom. The van der Waals surface area contributed by atoms with E-state index in [2.05, 4.69) is 15.7 Å². The summed E-state index contributed by atoms with van der Waals surface area (Å²) < 4.78 is 1.68. The van der Waals surface area contributed by atoms with Gasteiger partial charge in [-0.2, -0.15) is 16.4 Å². The third-order valence-corrected chi connectivity index (χ3v) is 3.77. The topological polar surface area (TPSA) is 79.2 Å². The maximum Gasteiger partial charge on any atom is 0.320 e. The highest BCUT2D eigenvalue weighted by atomic mass is 32.1. The Bertz CT molecular complexity index is 570. The Balaban J connectivity index is 1.89. The van der Waals surface area contributed by atoms with E-state index >= 15 is 0 Å². The predicted octanol–water partition coefficient (Wildman–Crippen LogP) is 1.82. The van der Waals surface area contributed by atoms with E-state index in [1.165, 1.54) is 11.3 Å². The van der Waals surface area contributed by atoms with Gasteiger partial charge in [0.15, 0.2) is 5.82 Å². The number of hydrogen-bond acceptors (Lipinski definition) is 4. The molecule has 0 aromatic carbocycles. The van der Waals surface area contributed by atoms with Crippen LogP contribution in [0.25, 0.3) is 0 Å². The first-order valence-electron chi connectivity index (χ1n) is 6.19. The zero-order valence-electron chi connectivity index (χ0n) is 11.7. The van der Waals surface area contributed by atoms with Crippen LogP contribution in [0.1, 0.15) is 18.2 Å². The second kappa shape index (κ2) is 5.64. The summed E-state index contributed by atoms with van der Waals surface area (Å²) in [6, 6.07) is 3.22. The molecule has 20 heavy (non-hydrogen) atoms. The first-order valence-corrected chi connectivity index (χ1v) is 7.13. The van der Waals surface area contributed by atoms with E-state index in [0.29, 0.717) is 5.82 Å². The summed E-state index contributed by atoms with van der Waals surface area (Å²) in [6.07, 6.45) is 0. The van der Waals surface area contributed by atoms with Gasteiger partial charge in [-0.15, -0.1) is 0 Å². The predicted molar refractivity (Wildman–Crippen MR) is 78.9 cm³/mol. The Labute approximate surface area is 121 Å². The van der Waals surface area contributed by atoms with Crippen molar-refractivity contribution in [1.29, 1.82) is 0 Å². The van der Waals surface area contributed by atoms with Crippen molar-refractivity contribution in [1.82, 2.24) is 15.1 Å². The monoisotopic (exact) mass is 294 g/mol. The molecule has 0 spiro atoms. The highest BCUT2D eigenvalue weighted by Gasteiger charge is 2.24. The van der Waals surface area contributed by atoms with Crippen molar-refractivity contribution in [3.63, 3.8) is 0 Å². The lowest BCUT2D eigenvalue weighted by molar-refractivity contribution is 0.0604. The van der Waals surface area contributed by atoms with Crippen LogP contribution in [0.3, 0.4) is 0 Å². The Hall–Kier alpha value is -1.86. The minimum absolute atomic E-state index is 0.126. The number of amides is 2. The highest BCUT2D eigenvalue weighted by molar-refractivity contribution is 7.08. The van der Waals surface area contributed by atoms with E-state index in [1.807, 2.05) is 23.8 Å². The van der Waals surface area contributed by atoms with Gasteiger partial charge < -0.3 is 10.4 Å². The van der Waals surface area contributed by atoms with Gasteiger partial charge >= 0.3 is 6.03 Å². The van der Waals surface area contributed by atoms with E-state index < -0.39 is 11.6 Å². The molecule has 3 N–H and O–H groups in total. The van der Waals surface area contributed by atoms with Crippen LogP contribution in [-0.4, -0.2) is 27.5 Å². The molecule has 0 saturated carbocycles. The third kappa shape index (κ3) is 3.37. The number of hydrogen-bond donors (Lipinski definition) is 3. The van der Waals surface area contributed by atoms with Crippen molar-refractivity contribution >= 4 is 23.2 Å². The van der Waals surface area contributed by atoms with Gasteiger partial charge in [-0.25, -0.2) is 4.79 Å². The summed E-state index contributed by atoms with van der Waals surface area (Å²) in [4.78, 5) is 11.8. The molecule has 0 fully saturated rings. The molecule has 0 aliphatic carbocycles. The third-order valence-electron chi connectivity index (χ3n) is 3.09. The van der Waals surface area contributed by atoms with Crippen LogP contribution in [0.4, 0.5) is 10.6 Å². The van der Waals surface area contributed by atoms with Crippen LogP contribution in [0.15, 0.2) is 22.9 Å². The number of aromatic nitrogens is 2. The molecule has 0 radical (unpaired) electrons. The molecule has 1 atom stereocenters. The molecule has 0 aliphatic heterocycles. The number of rotatable bonds is 4. The van der Waals surface area contributed by atoms with Crippen molar-refractivity contribution in [3.05, 3.63) is 34.2 Å². The van der Waals surface area contributed by atoms with Crippen LogP contribution in [0, 0.1) is 6.92 Å². The molecule has 2 rings (SSSR count). The van der Waals surface area contributed by atoms with Crippen molar-refractivity contribution in [3.8, 4) is 0 Å². The van der Waals surface area contributed by atoms with Crippen molar-refractivity contribution in [2.24, 2.45) is 7.05 Å². The number of thiophene rings is 1. The molecule has 1 unspecified atom stereocenters. The molecule has 2 aromatic rings. The quantitative estimate of drug-likeness (QED) is 0.804. The molecule has 0 bridgehead atoms. The number of anilines is 1. The first kappa shape index (κ1) is 14.5. The van der Waals surface area contributed by atoms with Gasteiger partial charge in [0.05, 0.1) is 6.54 Å². The Kier molecular flexibility index (Phi) is 4.10. The summed E-state index contributed by atoms with van der Waals surface area (Å²) in [7, 11) is 1.81. The fourth-order valence-electron chi connectivity index (χ4n) is 1.71. The summed E-state index contributed by atoms with van der Waals surface area (Å²) in [5, 5.41) is 23.4. The molecule has 108 valence electrons. The molecule has 6 nitrogen and oxygen atoms in total. The van der Waals surface area contributed by atoms with Crippen LogP contribution in [-0.2, 0) is 12.6 Å². The molecule has 2 aromatic heterocycles. The summed E-state index contributed by atoms with van der Waals surface area (Å²) in [6.45, 7) is 3.69. The smallest absolute Gasteiger partial charge is 0.320 e. The molecule has 2 amide bonds. The van der Waals surface area contributed by atoms with E-state index in [-0.39, 0.29) is 6.54 Å². The van der Waals surface area contributed by atoms with E-state index in [9.17, 15) is 9.90 Å². The second-order valence-electron chi connectivity index (χ2n) is 4.89. The van der Waals surface area contributed by atoms with Gasteiger partial charge in [-0.1, -0.05) is 0 Å². The summed E-state index contributed by atoms with van der Waals surface area (Å²) in [5.74, 6) is 0.484. The van der Waals surface area contributed by atoms with Crippen molar-refractivity contribution < 1.29 is 9.90 Å². The number of aryl methyl sites for hydroxylation is 2. The van der Waals surface area contributed by atoms with Gasteiger partial charge in [-0.05, 0) is 36.2 Å².